The Morgan fingerprint density at radius 1 is 0.955 bits per heavy atom. The highest BCUT2D eigenvalue weighted by Gasteiger charge is 2.35. The molecule has 9 heteroatoms. The third kappa shape index (κ3) is 5.85. The van der Waals surface area contributed by atoms with Gasteiger partial charge in [-0.25, -0.2) is 4.68 Å². The quantitative estimate of drug-likeness (QED) is 0.203. The second kappa shape index (κ2) is 12.3. The Bertz CT molecular complexity index is 1810. The van der Waals surface area contributed by atoms with E-state index >= 15 is 0 Å². The number of methoxy groups -OCH3 is 1. The summed E-state index contributed by atoms with van der Waals surface area (Å²) in [6, 6.07) is 32.6. The van der Waals surface area contributed by atoms with Gasteiger partial charge in [-0.15, -0.1) is 5.10 Å². The van der Waals surface area contributed by atoms with Crippen molar-refractivity contribution >= 4 is 23.2 Å². The summed E-state index contributed by atoms with van der Waals surface area (Å²) in [7, 11) is 5.58. The van der Waals surface area contributed by atoms with Gasteiger partial charge in [0.15, 0.2) is 5.82 Å². The third-order valence-corrected chi connectivity index (χ3v) is 7.52. The summed E-state index contributed by atoms with van der Waals surface area (Å²) in [4.78, 5) is 20.9. The summed E-state index contributed by atoms with van der Waals surface area (Å²) in [6.07, 6.45) is 0. The normalized spacial score (nSPS) is 14.0. The number of nitrogens with zero attached hydrogens (tertiary/aromatic N) is 4. The van der Waals surface area contributed by atoms with E-state index in [2.05, 4.69) is 10.6 Å². The van der Waals surface area contributed by atoms with Crippen LogP contribution in [0.3, 0.4) is 0 Å². The fourth-order valence-electron chi connectivity index (χ4n) is 5.24. The van der Waals surface area contributed by atoms with E-state index in [0.717, 1.165) is 22.4 Å². The number of allylic oxidation sites excluding steroid dienone is 1. The number of carbonyl (C=O) groups excluding carboxylic acids is 1. The van der Waals surface area contributed by atoms with Crippen molar-refractivity contribution < 1.29 is 14.3 Å². The lowest BCUT2D eigenvalue weighted by Gasteiger charge is -2.29. The van der Waals surface area contributed by atoms with Crippen LogP contribution < -0.4 is 25.0 Å². The predicted octanol–water partition coefficient (Wildman–Crippen LogP) is 6.53. The lowest BCUT2D eigenvalue weighted by atomic mass is 9.94. The number of hydrogen-bond acceptors (Lipinski definition) is 7. The van der Waals surface area contributed by atoms with Crippen molar-refractivity contribution in [1.82, 2.24) is 14.8 Å². The number of nitrogens with one attached hydrogen (secondary N) is 2. The van der Waals surface area contributed by atoms with Gasteiger partial charge in [-0.05, 0) is 66.6 Å². The predicted molar refractivity (Wildman–Crippen MR) is 173 cm³/mol. The van der Waals surface area contributed by atoms with Crippen molar-refractivity contribution in [3.05, 3.63) is 126 Å². The topological polar surface area (TPSA) is 93.5 Å². The lowest BCUT2D eigenvalue weighted by molar-refractivity contribution is -0.113. The van der Waals surface area contributed by atoms with E-state index in [1.54, 1.807) is 11.8 Å². The smallest absolute Gasteiger partial charge is 0.255 e. The van der Waals surface area contributed by atoms with Crippen molar-refractivity contribution in [3.63, 3.8) is 0 Å². The Kier molecular flexibility index (Phi) is 8.01. The van der Waals surface area contributed by atoms with Crippen LogP contribution in [0.1, 0.15) is 24.1 Å². The Morgan fingerprint density at radius 2 is 1.70 bits per heavy atom. The Morgan fingerprint density at radius 3 is 2.45 bits per heavy atom. The first-order valence-electron chi connectivity index (χ1n) is 14.3. The fourth-order valence-corrected chi connectivity index (χ4v) is 5.24. The number of aromatic nitrogens is 3. The molecule has 0 aliphatic carbocycles. The average Bonchev–Trinajstić information content (AvgIpc) is 3.47. The first-order chi connectivity index (χ1) is 21.4. The van der Waals surface area contributed by atoms with Crippen LogP contribution in [-0.2, 0) is 11.4 Å². The number of ether oxygens (including phenoxy) is 2. The Hall–Kier alpha value is -5.57. The standard InChI is InChI=1S/C35H34N6O3/c1-23-31(34(42)37-29-15-8-9-16-30(29)43-4)32(26-13-10-14-28(21-26)44-22-24-11-6-5-7-12-24)41-35(36-23)38-33(39-41)25-17-19-27(20-18-25)40(2)3/h5-21,32H,22H2,1-4H3,(H,37,42)(H,36,38,39). The molecule has 9 nitrogen and oxygen atoms in total. The van der Waals surface area contributed by atoms with E-state index < -0.39 is 6.04 Å². The van der Waals surface area contributed by atoms with Crippen molar-refractivity contribution in [2.24, 2.45) is 0 Å². The lowest BCUT2D eigenvalue weighted by Crippen LogP contribution is -2.31. The van der Waals surface area contributed by atoms with E-state index in [0.29, 0.717) is 46.8 Å². The molecule has 44 heavy (non-hydrogen) atoms. The molecule has 1 unspecified atom stereocenters. The van der Waals surface area contributed by atoms with E-state index in [-0.39, 0.29) is 5.91 Å². The van der Waals surface area contributed by atoms with Crippen LogP contribution in [0.4, 0.5) is 17.3 Å². The van der Waals surface area contributed by atoms with E-state index in [1.165, 1.54) is 0 Å². The highest BCUT2D eigenvalue weighted by atomic mass is 16.5. The maximum Gasteiger partial charge on any atom is 0.255 e. The van der Waals surface area contributed by atoms with Gasteiger partial charge in [-0.2, -0.15) is 4.98 Å². The maximum absolute atomic E-state index is 14.1. The highest BCUT2D eigenvalue weighted by molar-refractivity contribution is 6.06. The van der Waals surface area contributed by atoms with Crippen molar-refractivity contribution in [3.8, 4) is 22.9 Å². The molecule has 0 saturated carbocycles. The Labute approximate surface area is 256 Å². The zero-order valence-corrected chi connectivity index (χ0v) is 25.1. The van der Waals surface area contributed by atoms with Gasteiger partial charge in [0, 0.05) is 31.0 Å². The molecular weight excluding hydrogens is 552 g/mol. The molecule has 5 aromatic rings. The van der Waals surface area contributed by atoms with Crippen LogP contribution in [0.2, 0.25) is 0 Å². The molecule has 1 aliphatic rings. The van der Waals surface area contributed by atoms with Crippen molar-refractivity contribution in [1.29, 1.82) is 0 Å². The molecule has 0 spiro atoms. The van der Waals surface area contributed by atoms with E-state index in [9.17, 15) is 4.79 Å². The van der Waals surface area contributed by atoms with Crippen molar-refractivity contribution in [2.45, 2.75) is 19.6 Å². The zero-order chi connectivity index (χ0) is 30.6. The molecule has 0 radical (unpaired) electrons. The van der Waals surface area contributed by atoms with Gasteiger partial charge in [0.05, 0.1) is 18.4 Å². The molecule has 2 heterocycles. The number of anilines is 3. The van der Waals surface area contributed by atoms with Gasteiger partial charge >= 0.3 is 0 Å². The monoisotopic (exact) mass is 586 g/mol. The number of para-hydroxylation sites is 2. The van der Waals surface area contributed by atoms with Crippen LogP contribution in [-0.4, -0.2) is 41.9 Å². The maximum atomic E-state index is 14.1. The average molecular weight is 587 g/mol. The first-order valence-corrected chi connectivity index (χ1v) is 14.3. The minimum atomic E-state index is -0.580. The molecular formula is C35H34N6O3. The number of benzene rings is 4. The molecule has 222 valence electrons. The molecule has 2 N–H and O–H groups in total. The van der Waals surface area contributed by atoms with Gasteiger partial charge in [0.25, 0.3) is 5.91 Å². The highest BCUT2D eigenvalue weighted by Crippen LogP contribution is 2.38. The van der Waals surface area contributed by atoms with Gasteiger partial charge in [-0.1, -0.05) is 54.6 Å². The Balaban J connectivity index is 1.39. The molecule has 0 fully saturated rings. The summed E-state index contributed by atoms with van der Waals surface area (Å²) in [5, 5.41) is 11.3. The largest absolute Gasteiger partial charge is 0.495 e. The third-order valence-electron chi connectivity index (χ3n) is 7.52. The molecule has 1 aliphatic heterocycles. The van der Waals surface area contributed by atoms with E-state index in [4.69, 9.17) is 19.6 Å². The number of fused-ring (bicyclic) bond motifs is 1. The summed E-state index contributed by atoms with van der Waals surface area (Å²) in [5.74, 6) is 2.08. The van der Waals surface area contributed by atoms with Gasteiger partial charge in [-0.3, -0.25) is 4.79 Å². The molecule has 6 rings (SSSR count). The molecule has 1 aromatic heterocycles. The van der Waals surface area contributed by atoms with E-state index in [1.807, 2.05) is 129 Å². The second-order valence-corrected chi connectivity index (χ2v) is 10.7. The van der Waals surface area contributed by atoms with Crippen LogP contribution in [0.25, 0.3) is 11.4 Å². The zero-order valence-electron chi connectivity index (χ0n) is 25.1. The SMILES string of the molecule is COc1ccccc1NC(=O)C1=C(C)Nc2nc(-c3ccc(N(C)C)cc3)nn2C1c1cccc(OCc2ccccc2)c1. The number of amides is 1. The van der Waals surface area contributed by atoms with Gasteiger partial charge < -0.3 is 25.0 Å². The fraction of sp³-hybridized carbons (Fsp3) is 0.171. The van der Waals surface area contributed by atoms with Gasteiger partial charge in [0.1, 0.15) is 24.1 Å². The summed E-state index contributed by atoms with van der Waals surface area (Å²) < 4.78 is 13.4. The summed E-state index contributed by atoms with van der Waals surface area (Å²) in [6.45, 7) is 2.30. The summed E-state index contributed by atoms with van der Waals surface area (Å²) >= 11 is 0. The van der Waals surface area contributed by atoms with Gasteiger partial charge in [0.2, 0.25) is 5.95 Å². The molecule has 1 atom stereocenters. The number of rotatable bonds is 9. The minimum Gasteiger partial charge on any atom is -0.495 e. The first kappa shape index (κ1) is 28.5. The number of carbonyl (C=O) groups is 1. The molecule has 1 amide bonds. The molecule has 0 saturated heterocycles. The second-order valence-electron chi connectivity index (χ2n) is 10.7. The van der Waals surface area contributed by atoms with Crippen LogP contribution in [0.15, 0.2) is 114 Å². The van der Waals surface area contributed by atoms with Crippen molar-refractivity contribution in [2.75, 3.05) is 36.7 Å². The van der Waals surface area contributed by atoms with Crippen LogP contribution >= 0.6 is 0 Å². The number of hydrogen-bond donors (Lipinski definition) is 2. The summed E-state index contributed by atoms with van der Waals surface area (Å²) in [5.41, 5.74) is 5.60. The van der Waals surface area contributed by atoms with Crippen LogP contribution in [0, 0.1) is 0 Å². The van der Waals surface area contributed by atoms with Crippen LogP contribution in [0.5, 0.6) is 11.5 Å². The molecule has 0 bridgehead atoms. The molecule has 4 aromatic carbocycles. The minimum absolute atomic E-state index is 0.279.